The predicted octanol–water partition coefficient (Wildman–Crippen LogP) is 2.51. The lowest BCUT2D eigenvalue weighted by Gasteiger charge is -2.07. The summed E-state index contributed by atoms with van der Waals surface area (Å²) in [6.45, 7) is 2.46. The van der Waals surface area contributed by atoms with Crippen molar-refractivity contribution in [2.24, 2.45) is 0 Å². The largest absolute Gasteiger partial charge is 0.375 e. The van der Waals surface area contributed by atoms with Gasteiger partial charge < -0.3 is 11.1 Å². The molecule has 6 heteroatoms. The Morgan fingerprint density at radius 3 is 3.05 bits per heavy atom. The topological polar surface area (TPSA) is 80.9 Å². The van der Waals surface area contributed by atoms with E-state index in [1.807, 2.05) is 25.1 Å². The smallest absolute Gasteiger partial charge is 0.251 e. The van der Waals surface area contributed by atoms with E-state index >= 15 is 0 Å². The van der Waals surface area contributed by atoms with Crippen molar-refractivity contribution < 1.29 is 4.79 Å². The second-order valence-electron chi connectivity index (χ2n) is 4.72. The molecule has 0 aliphatic heterocycles. The van der Waals surface area contributed by atoms with Crippen LogP contribution in [0, 0.1) is 6.92 Å². The second kappa shape index (κ2) is 5.49. The number of nitrogens with two attached hydrogens (primary N) is 1. The minimum Gasteiger partial charge on any atom is -0.375 e. The number of nitrogens with zero attached hydrogens (tertiary/aromatic N) is 2. The Hall–Kier alpha value is -2.47. The fraction of sp³-hybridized carbons (Fsp3) is 0.133. The molecule has 0 spiro atoms. The molecule has 1 aromatic carbocycles. The molecule has 0 aliphatic carbocycles. The maximum Gasteiger partial charge on any atom is 0.251 e. The number of aryl methyl sites for hydroxylation is 1. The Bertz CT molecular complexity index is 812. The zero-order valence-corrected chi connectivity index (χ0v) is 12.3. The van der Waals surface area contributed by atoms with Crippen LogP contribution < -0.4 is 11.1 Å². The van der Waals surface area contributed by atoms with E-state index in [-0.39, 0.29) is 5.91 Å². The summed E-state index contributed by atoms with van der Waals surface area (Å²) in [5.74, 6) is -0.118. The van der Waals surface area contributed by atoms with E-state index in [2.05, 4.69) is 15.3 Å². The second-order valence-corrected chi connectivity index (χ2v) is 5.78. The summed E-state index contributed by atoms with van der Waals surface area (Å²) in [5, 5.41) is 3.41. The Labute approximate surface area is 125 Å². The molecule has 0 fully saturated rings. The molecular weight excluding hydrogens is 284 g/mol. The van der Waals surface area contributed by atoms with Crippen LogP contribution in [-0.4, -0.2) is 15.9 Å². The highest BCUT2D eigenvalue weighted by atomic mass is 32.1. The summed E-state index contributed by atoms with van der Waals surface area (Å²) in [6, 6.07) is 7.31. The van der Waals surface area contributed by atoms with Gasteiger partial charge in [-0.2, -0.15) is 0 Å². The number of benzene rings is 1. The Kier molecular flexibility index (Phi) is 3.53. The molecule has 0 bridgehead atoms. The number of hydrogen-bond donors (Lipinski definition) is 2. The van der Waals surface area contributed by atoms with E-state index in [4.69, 9.17) is 5.73 Å². The number of nitrogens with one attached hydrogen (secondary N) is 1. The van der Waals surface area contributed by atoms with Crippen LogP contribution in [0.2, 0.25) is 0 Å². The molecule has 0 aliphatic rings. The number of pyridine rings is 1. The third-order valence-corrected chi connectivity index (χ3v) is 4.10. The van der Waals surface area contributed by atoms with Crippen LogP contribution in [-0.2, 0) is 6.54 Å². The molecule has 3 rings (SSSR count). The van der Waals surface area contributed by atoms with Crippen molar-refractivity contribution >= 4 is 32.6 Å². The van der Waals surface area contributed by atoms with Crippen molar-refractivity contribution in [3.63, 3.8) is 0 Å². The third kappa shape index (κ3) is 2.85. The first-order valence-corrected chi connectivity index (χ1v) is 7.29. The number of aromatic nitrogens is 2. The van der Waals surface area contributed by atoms with Gasteiger partial charge in [0.05, 0.1) is 10.2 Å². The Morgan fingerprint density at radius 2 is 2.24 bits per heavy atom. The maximum absolute atomic E-state index is 12.2. The van der Waals surface area contributed by atoms with Crippen LogP contribution >= 0.6 is 11.3 Å². The zero-order valence-electron chi connectivity index (χ0n) is 11.5. The van der Waals surface area contributed by atoms with Crippen LogP contribution in [0.4, 0.5) is 5.13 Å². The molecule has 0 radical (unpaired) electrons. The lowest BCUT2D eigenvalue weighted by molar-refractivity contribution is 0.0951. The summed E-state index contributed by atoms with van der Waals surface area (Å²) in [5.41, 5.74) is 9.20. The highest BCUT2D eigenvalue weighted by Gasteiger charge is 2.09. The summed E-state index contributed by atoms with van der Waals surface area (Å²) >= 11 is 1.38. The molecule has 2 aromatic heterocycles. The first kappa shape index (κ1) is 13.5. The van der Waals surface area contributed by atoms with Crippen molar-refractivity contribution in [2.45, 2.75) is 13.5 Å². The van der Waals surface area contributed by atoms with Gasteiger partial charge in [-0.3, -0.25) is 9.78 Å². The standard InChI is InChI=1S/C15H14N4OS/c1-9-4-5-17-7-11(9)8-18-14(20)10-2-3-12-13(6-10)21-15(16)19-12/h2-7H,8H2,1H3,(H2,16,19)(H,18,20). The first-order valence-electron chi connectivity index (χ1n) is 6.47. The van der Waals surface area contributed by atoms with E-state index in [0.29, 0.717) is 17.2 Å². The van der Waals surface area contributed by atoms with Crippen LogP contribution in [0.25, 0.3) is 10.2 Å². The average Bonchev–Trinajstić information content (AvgIpc) is 2.85. The summed E-state index contributed by atoms with van der Waals surface area (Å²) < 4.78 is 0.915. The van der Waals surface area contributed by atoms with Gasteiger partial charge in [0, 0.05) is 24.5 Å². The maximum atomic E-state index is 12.2. The predicted molar refractivity (Wildman–Crippen MR) is 84.2 cm³/mol. The fourth-order valence-electron chi connectivity index (χ4n) is 2.04. The third-order valence-electron chi connectivity index (χ3n) is 3.25. The van der Waals surface area contributed by atoms with E-state index in [9.17, 15) is 4.79 Å². The minimum atomic E-state index is -0.118. The number of carbonyl (C=O) groups is 1. The molecule has 1 amide bonds. The monoisotopic (exact) mass is 298 g/mol. The van der Waals surface area contributed by atoms with E-state index < -0.39 is 0 Å². The molecule has 2 heterocycles. The quantitative estimate of drug-likeness (QED) is 0.778. The minimum absolute atomic E-state index is 0.118. The lowest BCUT2D eigenvalue weighted by Crippen LogP contribution is -2.23. The molecule has 0 atom stereocenters. The molecule has 0 saturated heterocycles. The van der Waals surface area contributed by atoms with Gasteiger partial charge in [0.25, 0.3) is 5.91 Å². The molecule has 106 valence electrons. The highest BCUT2D eigenvalue weighted by molar-refractivity contribution is 7.22. The zero-order chi connectivity index (χ0) is 14.8. The number of hydrogen-bond acceptors (Lipinski definition) is 5. The Balaban J connectivity index is 1.76. The number of carbonyl (C=O) groups excluding carboxylic acids is 1. The molecule has 0 unspecified atom stereocenters. The van der Waals surface area contributed by atoms with Crippen molar-refractivity contribution in [3.05, 3.63) is 53.3 Å². The number of rotatable bonds is 3. The van der Waals surface area contributed by atoms with Gasteiger partial charge in [-0.25, -0.2) is 4.98 Å². The molecule has 21 heavy (non-hydrogen) atoms. The first-order chi connectivity index (χ1) is 10.1. The summed E-state index contributed by atoms with van der Waals surface area (Å²) in [6.07, 6.45) is 3.51. The number of amides is 1. The van der Waals surface area contributed by atoms with Crippen molar-refractivity contribution in [2.75, 3.05) is 5.73 Å². The van der Waals surface area contributed by atoms with Crippen molar-refractivity contribution in [3.8, 4) is 0 Å². The van der Waals surface area contributed by atoms with Crippen LogP contribution in [0.3, 0.4) is 0 Å². The summed E-state index contributed by atoms with van der Waals surface area (Å²) in [7, 11) is 0. The fourth-order valence-corrected chi connectivity index (χ4v) is 2.82. The van der Waals surface area contributed by atoms with E-state index in [1.165, 1.54) is 11.3 Å². The van der Waals surface area contributed by atoms with Gasteiger partial charge >= 0.3 is 0 Å². The number of thiazole rings is 1. The van der Waals surface area contributed by atoms with E-state index in [0.717, 1.165) is 21.3 Å². The van der Waals surface area contributed by atoms with Gasteiger partial charge in [0.1, 0.15) is 0 Å². The van der Waals surface area contributed by atoms with Gasteiger partial charge in [-0.05, 0) is 42.3 Å². The van der Waals surface area contributed by atoms with Crippen LogP contribution in [0.1, 0.15) is 21.5 Å². The molecule has 0 saturated carbocycles. The van der Waals surface area contributed by atoms with Crippen molar-refractivity contribution in [1.82, 2.24) is 15.3 Å². The van der Waals surface area contributed by atoms with Crippen LogP contribution in [0.15, 0.2) is 36.7 Å². The van der Waals surface area contributed by atoms with Gasteiger partial charge in [-0.1, -0.05) is 11.3 Å². The average molecular weight is 298 g/mol. The lowest BCUT2D eigenvalue weighted by atomic mass is 10.1. The van der Waals surface area contributed by atoms with Gasteiger partial charge in [0.2, 0.25) is 0 Å². The summed E-state index contributed by atoms with van der Waals surface area (Å²) in [4.78, 5) is 20.4. The SMILES string of the molecule is Cc1ccncc1CNC(=O)c1ccc2nc(N)sc2c1. The molecule has 5 nitrogen and oxygen atoms in total. The Morgan fingerprint density at radius 1 is 1.38 bits per heavy atom. The molecule has 3 aromatic rings. The van der Waals surface area contributed by atoms with Gasteiger partial charge in [-0.15, -0.1) is 0 Å². The van der Waals surface area contributed by atoms with Crippen molar-refractivity contribution in [1.29, 1.82) is 0 Å². The number of anilines is 1. The van der Waals surface area contributed by atoms with E-state index in [1.54, 1.807) is 18.5 Å². The van der Waals surface area contributed by atoms with Gasteiger partial charge in [0.15, 0.2) is 5.13 Å². The number of nitrogen functional groups attached to an aromatic ring is 1. The molecule has 3 N–H and O–H groups in total. The van der Waals surface area contributed by atoms with Crippen LogP contribution in [0.5, 0.6) is 0 Å². The number of fused-ring (bicyclic) bond motifs is 1. The highest BCUT2D eigenvalue weighted by Crippen LogP contribution is 2.24. The molecular formula is C15H14N4OS. The normalized spacial score (nSPS) is 10.7.